The summed E-state index contributed by atoms with van der Waals surface area (Å²) in [7, 11) is 3.16. The van der Waals surface area contributed by atoms with Gasteiger partial charge < -0.3 is 14.8 Å². The van der Waals surface area contributed by atoms with E-state index in [0.717, 1.165) is 22.2 Å². The van der Waals surface area contributed by atoms with Crippen molar-refractivity contribution in [1.82, 2.24) is 4.98 Å². The maximum atomic E-state index is 12.3. The number of rotatable bonds is 5. The fourth-order valence-electron chi connectivity index (χ4n) is 2.53. The monoisotopic (exact) mass is 322 g/mol. The molecule has 1 heterocycles. The molecular weight excluding hydrogens is 304 g/mol. The van der Waals surface area contributed by atoms with Gasteiger partial charge in [0, 0.05) is 17.3 Å². The Hall–Kier alpha value is -3.08. The highest BCUT2D eigenvalue weighted by Crippen LogP contribution is 2.27. The van der Waals surface area contributed by atoms with Crippen molar-refractivity contribution in [2.75, 3.05) is 19.5 Å². The fraction of sp³-hybridized carbons (Fsp3) is 0.158. The lowest BCUT2D eigenvalue weighted by Gasteiger charge is -2.10. The molecule has 0 atom stereocenters. The van der Waals surface area contributed by atoms with Crippen LogP contribution in [0.1, 0.15) is 5.56 Å². The third-order valence-corrected chi connectivity index (χ3v) is 3.70. The van der Waals surface area contributed by atoms with Crippen LogP contribution in [0.15, 0.2) is 54.7 Å². The van der Waals surface area contributed by atoms with E-state index in [0.29, 0.717) is 11.5 Å². The average Bonchev–Trinajstić information content (AvgIpc) is 2.61. The summed E-state index contributed by atoms with van der Waals surface area (Å²) < 4.78 is 10.5. The lowest BCUT2D eigenvalue weighted by molar-refractivity contribution is -0.115. The van der Waals surface area contributed by atoms with Gasteiger partial charge in [0.2, 0.25) is 5.91 Å². The largest absolute Gasteiger partial charge is 0.493 e. The van der Waals surface area contributed by atoms with Crippen molar-refractivity contribution in [3.8, 4) is 11.5 Å². The van der Waals surface area contributed by atoms with Crippen LogP contribution in [0.4, 0.5) is 5.69 Å². The molecule has 24 heavy (non-hydrogen) atoms. The van der Waals surface area contributed by atoms with Gasteiger partial charge in [-0.1, -0.05) is 12.1 Å². The Morgan fingerprint density at radius 2 is 1.88 bits per heavy atom. The number of amides is 1. The quantitative estimate of drug-likeness (QED) is 0.782. The summed E-state index contributed by atoms with van der Waals surface area (Å²) in [5.74, 6) is 1.16. The number of hydrogen-bond donors (Lipinski definition) is 1. The van der Waals surface area contributed by atoms with Crippen molar-refractivity contribution in [1.29, 1.82) is 0 Å². The van der Waals surface area contributed by atoms with Gasteiger partial charge in [0.05, 0.1) is 26.2 Å². The Balaban J connectivity index is 1.72. The van der Waals surface area contributed by atoms with Gasteiger partial charge in [-0.25, -0.2) is 0 Å². The molecule has 0 spiro atoms. The molecule has 0 bridgehead atoms. The number of hydrogen-bond acceptors (Lipinski definition) is 4. The molecule has 1 amide bonds. The molecule has 5 heteroatoms. The van der Waals surface area contributed by atoms with Crippen molar-refractivity contribution >= 4 is 22.5 Å². The molecule has 0 aliphatic carbocycles. The predicted molar refractivity (Wildman–Crippen MR) is 93.6 cm³/mol. The maximum Gasteiger partial charge on any atom is 0.228 e. The second-order valence-corrected chi connectivity index (χ2v) is 5.33. The first-order valence-corrected chi connectivity index (χ1v) is 7.55. The van der Waals surface area contributed by atoms with Crippen molar-refractivity contribution < 1.29 is 14.3 Å². The number of nitrogens with zero attached hydrogens (tertiary/aromatic N) is 1. The lowest BCUT2D eigenvalue weighted by Crippen LogP contribution is -2.14. The molecular formula is C19H18N2O3. The molecule has 0 radical (unpaired) electrons. The zero-order chi connectivity index (χ0) is 16.9. The van der Waals surface area contributed by atoms with E-state index in [1.165, 1.54) is 0 Å². The number of anilines is 1. The first kappa shape index (κ1) is 15.8. The highest BCUT2D eigenvalue weighted by atomic mass is 16.5. The zero-order valence-corrected chi connectivity index (χ0v) is 13.6. The highest BCUT2D eigenvalue weighted by molar-refractivity contribution is 5.94. The van der Waals surface area contributed by atoms with Crippen molar-refractivity contribution in [3.63, 3.8) is 0 Å². The predicted octanol–water partition coefficient (Wildman–Crippen LogP) is 3.43. The summed E-state index contributed by atoms with van der Waals surface area (Å²) >= 11 is 0. The number of nitrogens with one attached hydrogen (secondary N) is 1. The van der Waals surface area contributed by atoms with Crippen LogP contribution in [-0.4, -0.2) is 25.1 Å². The molecule has 0 aliphatic rings. The van der Waals surface area contributed by atoms with Gasteiger partial charge in [0.25, 0.3) is 0 Å². The van der Waals surface area contributed by atoms with E-state index in [-0.39, 0.29) is 12.3 Å². The van der Waals surface area contributed by atoms with Crippen molar-refractivity contribution in [2.45, 2.75) is 6.42 Å². The van der Waals surface area contributed by atoms with Crippen LogP contribution in [0.3, 0.4) is 0 Å². The first-order valence-electron chi connectivity index (χ1n) is 7.55. The SMILES string of the molecule is COc1ccc(CC(=O)Nc2ccc3ncccc3c2)cc1OC. The second-order valence-electron chi connectivity index (χ2n) is 5.33. The Morgan fingerprint density at radius 1 is 1.04 bits per heavy atom. The minimum atomic E-state index is -0.0922. The van der Waals surface area contributed by atoms with Crippen molar-refractivity contribution in [2.24, 2.45) is 0 Å². The summed E-state index contributed by atoms with van der Waals surface area (Å²) in [5, 5.41) is 3.90. The molecule has 0 unspecified atom stereocenters. The summed E-state index contributed by atoms with van der Waals surface area (Å²) in [6.45, 7) is 0. The van der Waals surface area contributed by atoms with E-state index >= 15 is 0 Å². The number of ether oxygens (including phenoxy) is 2. The van der Waals surface area contributed by atoms with Crippen LogP contribution in [0.5, 0.6) is 11.5 Å². The molecule has 1 N–H and O–H groups in total. The number of carbonyl (C=O) groups is 1. The van der Waals surface area contributed by atoms with Gasteiger partial charge >= 0.3 is 0 Å². The number of methoxy groups -OCH3 is 2. The topological polar surface area (TPSA) is 60.5 Å². The van der Waals surface area contributed by atoms with Crippen LogP contribution in [0.25, 0.3) is 10.9 Å². The Morgan fingerprint density at radius 3 is 2.67 bits per heavy atom. The van der Waals surface area contributed by atoms with Crippen LogP contribution in [-0.2, 0) is 11.2 Å². The molecule has 0 saturated carbocycles. The normalized spacial score (nSPS) is 10.4. The minimum Gasteiger partial charge on any atom is -0.493 e. The van der Waals surface area contributed by atoms with E-state index in [9.17, 15) is 4.79 Å². The Labute approximate surface area is 140 Å². The summed E-state index contributed by atoms with van der Waals surface area (Å²) in [6.07, 6.45) is 2.00. The minimum absolute atomic E-state index is 0.0922. The van der Waals surface area contributed by atoms with Gasteiger partial charge in [-0.3, -0.25) is 9.78 Å². The van der Waals surface area contributed by atoms with E-state index in [1.54, 1.807) is 26.5 Å². The molecule has 5 nitrogen and oxygen atoms in total. The number of fused-ring (bicyclic) bond motifs is 1. The molecule has 1 aromatic heterocycles. The molecule has 0 aliphatic heterocycles. The Kier molecular flexibility index (Phi) is 4.61. The summed E-state index contributed by atoms with van der Waals surface area (Å²) in [4.78, 5) is 16.5. The molecule has 2 aromatic carbocycles. The van der Waals surface area contributed by atoms with E-state index in [1.807, 2.05) is 42.5 Å². The summed E-state index contributed by atoms with van der Waals surface area (Å²) in [6, 6.07) is 14.9. The standard InChI is InChI=1S/C19H18N2O3/c1-23-17-8-5-13(10-18(17)24-2)11-19(22)21-15-6-7-16-14(12-15)4-3-9-20-16/h3-10,12H,11H2,1-2H3,(H,21,22). The zero-order valence-electron chi connectivity index (χ0n) is 13.6. The van der Waals surface area contributed by atoms with Crippen molar-refractivity contribution in [3.05, 3.63) is 60.3 Å². The number of pyridine rings is 1. The van der Waals surface area contributed by atoms with Gasteiger partial charge in [0.15, 0.2) is 11.5 Å². The molecule has 122 valence electrons. The van der Waals surface area contributed by atoms with Gasteiger partial charge in [-0.05, 0) is 42.0 Å². The third kappa shape index (κ3) is 3.46. The van der Waals surface area contributed by atoms with Crippen LogP contribution < -0.4 is 14.8 Å². The number of benzene rings is 2. The van der Waals surface area contributed by atoms with Crippen LogP contribution in [0.2, 0.25) is 0 Å². The van der Waals surface area contributed by atoms with Gasteiger partial charge in [-0.15, -0.1) is 0 Å². The van der Waals surface area contributed by atoms with Gasteiger partial charge in [-0.2, -0.15) is 0 Å². The summed E-state index contributed by atoms with van der Waals surface area (Å²) in [5.41, 5.74) is 2.50. The van der Waals surface area contributed by atoms with E-state index in [4.69, 9.17) is 9.47 Å². The van der Waals surface area contributed by atoms with Gasteiger partial charge in [0.1, 0.15) is 0 Å². The highest BCUT2D eigenvalue weighted by Gasteiger charge is 2.09. The van der Waals surface area contributed by atoms with E-state index < -0.39 is 0 Å². The van der Waals surface area contributed by atoms with E-state index in [2.05, 4.69) is 10.3 Å². The third-order valence-electron chi connectivity index (χ3n) is 3.70. The smallest absolute Gasteiger partial charge is 0.228 e. The average molecular weight is 322 g/mol. The van der Waals surface area contributed by atoms with Crippen LogP contribution in [0, 0.1) is 0 Å². The van der Waals surface area contributed by atoms with Crippen LogP contribution >= 0.6 is 0 Å². The molecule has 0 saturated heterocycles. The maximum absolute atomic E-state index is 12.3. The lowest BCUT2D eigenvalue weighted by atomic mass is 10.1. The second kappa shape index (κ2) is 7.00. The first-order chi connectivity index (χ1) is 11.7. The number of carbonyl (C=O) groups excluding carboxylic acids is 1. The molecule has 3 rings (SSSR count). The molecule has 0 fully saturated rings. The molecule has 3 aromatic rings. The fourth-order valence-corrected chi connectivity index (χ4v) is 2.53. The number of aromatic nitrogens is 1. The Bertz CT molecular complexity index is 877.